The van der Waals surface area contributed by atoms with Gasteiger partial charge in [0.2, 0.25) is 5.95 Å². The average Bonchev–Trinajstić information content (AvgIpc) is 2.69. The van der Waals surface area contributed by atoms with E-state index < -0.39 is 11.4 Å². The maximum atomic E-state index is 13.5. The Kier molecular flexibility index (Phi) is 5.81. The summed E-state index contributed by atoms with van der Waals surface area (Å²) in [4.78, 5) is 18.9. The van der Waals surface area contributed by atoms with Crippen LogP contribution in [0.5, 0.6) is 5.75 Å². The summed E-state index contributed by atoms with van der Waals surface area (Å²) in [7, 11) is 1.41. The highest BCUT2D eigenvalue weighted by Gasteiger charge is 2.13. The molecule has 0 aliphatic rings. The number of hydrogen-bond acceptors (Lipinski definition) is 6. The van der Waals surface area contributed by atoms with Crippen molar-refractivity contribution in [3.05, 3.63) is 74.2 Å². The Hall–Kier alpha value is -3.51. The molecule has 0 spiro atoms. The number of halogens is 2. The summed E-state index contributed by atoms with van der Waals surface area (Å²) in [5, 5.41) is 13.3. The number of hydrogen-bond donors (Lipinski definition) is 2. The Labute approximate surface area is 167 Å². The van der Waals surface area contributed by atoms with E-state index in [1.54, 1.807) is 24.3 Å². The van der Waals surface area contributed by atoms with Gasteiger partial charge in [0, 0.05) is 16.1 Å². The zero-order valence-electron chi connectivity index (χ0n) is 14.5. The summed E-state index contributed by atoms with van der Waals surface area (Å²) in [5.74, 6) is -0.126. The maximum absolute atomic E-state index is 13.5. The first-order valence-corrected chi connectivity index (χ1v) is 8.74. The van der Waals surface area contributed by atoms with Crippen LogP contribution in [0.25, 0.3) is 11.3 Å². The van der Waals surface area contributed by atoms with Crippen molar-refractivity contribution in [1.29, 1.82) is 5.26 Å². The number of aromatic nitrogens is 2. The largest absolute Gasteiger partial charge is 0.496 e. The van der Waals surface area contributed by atoms with Gasteiger partial charge in [0.05, 0.1) is 24.6 Å². The van der Waals surface area contributed by atoms with Gasteiger partial charge in [0.15, 0.2) is 0 Å². The minimum atomic E-state index is -0.588. The third kappa shape index (κ3) is 4.07. The quantitative estimate of drug-likeness (QED) is 0.464. The third-order valence-corrected chi connectivity index (χ3v) is 4.37. The summed E-state index contributed by atoms with van der Waals surface area (Å²) >= 11 is 3.25. The Balaban J connectivity index is 1.95. The molecule has 28 heavy (non-hydrogen) atoms. The number of nitrogens with zero attached hydrogens (tertiary/aromatic N) is 3. The third-order valence-electron chi connectivity index (χ3n) is 3.72. The van der Waals surface area contributed by atoms with Crippen LogP contribution in [-0.2, 0) is 0 Å². The Bertz CT molecular complexity index is 1140. The molecule has 2 aromatic carbocycles. The fourth-order valence-electron chi connectivity index (χ4n) is 2.45. The first-order chi connectivity index (χ1) is 13.5. The molecule has 3 rings (SSSR count). The number of hydrazone groups is 1. The molecule has 0 aliphatic heterocycles. The molecule has 0 aliphatic carbocycles. The molecule has 0 bridgehead atoms. The molecule has 0 saturated carbocycles. The smallest absolute Gasteiger partial charge is 0.270 e. The van der Waals surface area contributed by atoms with Crippen molar-refractivity contribution >= 4 is 28.1 Å². The van der Waals surface area contributed by atoms with Crippen LogP contribution in [0.4, 0.5) is 10.3 Å². The minimum absolute atomic E-state index is 0.0521. The van der Waals surface area contributed by atoms with E-state index >= 15 is 0 Å². The van der Waals surface area contributed by atoms with E-state index in [9.17, 15) is 14.4 Å². The molecule has 0 saturated heterocycles. The monoisotopic (exact) mass is 441 g/mol. The first-order valence-electron chi connectivity index (χ1n) is 7.95. The lowest BCUT2D eigenvalue weighted by molar-refractivity contribution is 0.410. The van der Waals surface area contributed by atoms with Gasteiger partial charge < -0.3 is 4.74 Å². The van der Waals surface area contributed by atoms with Crippen molar-refractivity contribution in [3.8, 4) is 23.1 Å². The van der Waals surface area contributed by atoms with Crippen LogP contribution < -0.4 is 15.7 Å². The van der Waals surface area contributed by atoms with E-state index in [0.717, 1.165) is 0 Å². The van der Waals surface area contributed by atoms with Crippen molar-refractivity contribution < 1.29 is 9.13 Å². The van der Waals surface area contributed by atoms with Gasteiger partial charge in [0.25, 0.3) is 5.56 Å². The molecule has 2 N–H and O–H groups in total. The summed E-state index contributed by atoms with van der Waals surface area (Å²) in [6, 6.07) is 13.2. The molecule has 0 atom stereocenters. The molecule has 1 heterocycles. The normalized spacial score (nSPS) is 10.6. The SMILES string of the molecule is COc1cc(F)cc(Br)c1C=NNc1nc(-c2ccccc2)c(C#N)c(=O)[nH]1. The highest BCUT2D eigenvalue weighted by molar-refractivity contribution is 9.10. The van der Waals surface area contributed by atoms with Crippen LogP contribution in [0.15, 0.2) is 56.8 Å². The predicted molar refractivity (Wildman–Crippen MR) is 107 cm³/mol. The molecule has 9 heteroatoms. The number of anilines is 1. The van der Waals surface area contributed by atoms with Crippen LogP contribution >= 0.6 is 15.9 Å². The number of ether oxygens (including phenoxy) is 1. The van der Waals surface area contributed by atoms with Crippen LogP contribution in [0.2, 0.25) is 0 Å². The second kappa shape index (κ2) is 8.45. The molecule has 1 aromatic heterocycles. The second-order valence-corrected chi connectivity index (χ2v) is 6.34. The number of nitrogens with one attached hydrogen (secondary N) is 2. The number of nitriles is 1. The fourth-order valence-corrected chi connectivity index (χ4v) is 2.96. The lowest BCUT2D eigenvalue weighted by atomic mass is 10.1. The number of aromatic amines is 1. The molecule has 0 amide bonds. The number of rotatable bonds is 5. The lowest BCUT2D eigenvalue weighted by Gasteiger charge is -2.08. The van der Waals surface area contributed by atoms with Crippen LogP contribution in [0.3, 0.4) is 0 Å². The van der Waals surface area contributed by atoms with E-state index in [4.69, 9.17) is 4.74 Å². The van der Waals surface area contributed by atoms with Gasteiger partial charge in [-0.25, -0.2) is 14.8 Å². The molecular weight excluding hydrogens is 429 g/mol. The zero-order chi connectivity index (χ0) is 20.1. The molecule has 0 unspecified atom stereocenters. The topological polar surface area (TPSA) is 103 Å². The number of benzene rings is 2. The van der Waals surface area contributed by atoms with E-state index in [2.05, 4.69) is 36.4 Å². The first kappa shape index (κ1) is 19.3. The van der Waals surface area contributed by atoms with Crippen molar-refractivity contribution in [2.24, 2.45) is 5.10 Å². The Morgan fingerprint density at radius 2 is 2.11 bits per heavy atom. The molecule has 0 fully saturated rings. The van der Waals surface area contributed by atoms with Gasteiger partial charge in [-0.15, -0.1) is 0 Å². The summed E-state index contributed by atoms with van der Waals surface area (Å²) in [6.07, 6.45) is 1.39. The van der Waals surface area contributed by atoms with Gasteiger partial charge in [-0.2, -0.15) is 10.4 Å². The summed E-state index contributed by atoms with van der Waals surface area (Å²) < 4.78 is 19.0. The summed E-state index contributed by atoms with van der Waals surface area (Å²) in [6.45, 7) is 0. The van der Waals surface area contributed by atoms with E-state index in [0.29, 0.717) is 15.6 Å². The van der Waals surface area contributed by atoms with Crippen LogP contribution in [-0.4, -0.2) is 23.3 Å². The fraction of sp³-hybridized carbons (Fsp3) is 0.0526. The molecule has 3 aromatic rings. The average molecular weight is 442 g/mol. The molecular formula is C19H13BrFN5O2. The van der Waals surface area contributed by atoms with E-state index in [1.807, 2.05) is 12.1 Å². The Morgan fingerprint density at radius 3 is 2.79 bits per heavy atom. The number of methoxy groups -OCH3 is 1. The van der Waals surface area contributed by atoms with Crippen LogP contribution in [0, 0.1) is 17.1 Å². The predicted octanol–water partition coefficient (Wildman–Crippen LogP) is 3.66. The maximum Gasteiger partial charge on any atom is 0.270 e. The van der Waals surface area contributed by atoms with Crippen molar-refractivity contribution in [2.75, 3.05) is 12.5 Å². The minimum Gasteiger partial charge on any atom is -0.496 e. The molecule has 0 radical (unpaired) electrons. The second-order valence-electron chi connectivity index (χ2n) is 5.49. The highest BCUT2D eigenvalue weighted by Crippen LogP contribution is 2.27. The highest BCUT2D eigenvalue weighted by atomic mass is 79.9. The van der Waals surface area contributed by atoms with Gasteiger partial charge >= 0.3 is 0 Å². The summed E-state index contributed by atoms with van der Waals surface area (Å²) in [5.41, 5.74) is 3.29. The van der Waals surface area contributed by atoms with Gasteiger partial charge in [-0.05, 0) is 22.0 Å². The lowest BCUT2D eigenvalue weighted by Crippen LogP contribution is -2.16. The van der Waals surface area contributed by atoms with Gasteiger partial charge in [-0.3, -0.25) is 9.78 Å². The molecule has 7 nitrogen and oxygen atoms in total. The molecule has 140 valence electrons. The van der Waals surface area contributed by atoms with Crippen molar-refractivity contribution in [3.63, 3.8) is 0 Å². The van der Waals surface area contributed by atoms with Crippen LogP contribution in [0.1, 0.15) is 11.1 Å². The Morgan fingerprint density at radius 1 is 1.36 bits per heavy atom. The van der Waals surface area contributed by atoms with Gasteiger partial charge in [0.1, 0.15) is 23.2 Å². The van der Waals surface area contributed by atoms with E-state index in [1.165, 1.54) is 25.5 Å². The van der Waals surface area contributed by atoms with Crippen molar-refractivity contribution in [1.82, 2.24) is 9.97 Å². The standard InChI is InChI=1S/C19H13BrFN5O2/c1-28-16-8-12(21)7-15(20)14(16)10-23-26-19-24-17(11-5-3-2-4-6-11)13(9-22)18(27)25-19/h2-8,10H,1H3,(H2,24,25,26,27). The number of H-pyrrole nitrogens is 1. The zero-order valence-corrected chi connectivity index (χ0v) is 16.1. The van der Waals surface area contributed by atoms with E-state index in [-0.39, 0.29) is 23.0 Å². The van der Waals surface area contributed by atoms with Gasteiger partial charge in [-0.1, -0.05) is 30.3 Å². The van der Waals surface area contributed by atoms with Crippen molar-refractivity contribution in [2.45, 2.75) is 0 Å².